The van der Waals surface area contributed by atoms with Crippen LogP contribution in [-0.2, 0) is 14.4 Å². The van der Waals surface area contributed by atoms with Crippen LogP contribution in [0.4, 0.5) is 0 Å². The lowest BCUT2D eigenvalue weighted by Crippen LogP contribution is -2.46. The van der Waals surface area contributed by atoms with Crippen molar-refractivity contribution in [1.82, 2.24) is 9.80 Å². The Kier molecular flexibility index (Phi) is 4.32. The number of aliphatic carboxylic acids is 1. The van der Waals surface area contributed by atoms with Gasteiger partial charge in [0.1, 0.15) is 5.41 Å². The highest BCUT2D eigenvalue weighted by atomic mass is 16.4. The minimum absolute atomic E-state index is 0.0469. The van der Waals surface area contributed by atoms with Crippen molar-refractivity contribution in [3.8, 4) is 0 Å². The molecule has 18 heavy (non-hydrogen) atoms. The van der Waals surface area contributed by atoms with E-state index in [2.05, 4.69) is 0 Å². The van der Waals surface area contributed by atoms with Gasteiger partial charge in [-0.1, -0.05) is 6.92 Å². The third kappa shape index (κ3) is 2.80. The predicted octanol–water partition coefficient (Wildman–Crippen LogP) is 0.178. The molecular weight excluding hydrogens is 236 g/mol. The van der Waals surface area contributed by atoms with Crippen LogP contribution in [0.1, 0.15) is 26.2 Å². The number of hydrogen-bond donors (Lipinski definition) is 1. The van der Waals surface area contributed by atoms with Crippen LogP contribution in [0, 0.1) is 5.41 Å². The molecule has 2 amide bonds. The predicted molar refractivity (Wildman–Crippen MR) is 64.9 cm³/mol. The van der Waals surface area contributed by atoms with E-state index >= 15 is 0 Å². The van der Waals surface area contributed by atoms with Crippen LogP contribution in [0.2, 0.25) is 0 Å². The number of carbonyl (C=O) groups excluding carboxylic acids is 2. The molecule has 0 unspecified atom stereocenters. The van der Waals surface area contributed by atoms with Crippen molar-refractivity contribution >= 4 is 17.8 Å². The van der Waals surface area contributed by atoms with E-state index in [1.165, 1.54) is 9.80 Å². The normalized spacial score (nSPS) is 15.9. The highest BCUT2D eigenvalue weighted by molar-refractivity contribution is 6.05. The van der Waals surface area contributed by atoms with Gasteiger partial charge in [-0.05, 0) is 19.3 Å². The van der Waals surface area contributed by atoms with Gasteiger partial charge in [-0.2, -0.15) is 0 Å². The summed E-state index contributed by atoms with van der Waals surface area (Å²) in [4.78, 5) is 37.7. The molecule has 1 saturated carbocycles. The molecule has 1 aliphatic carbocycles. The first-order chi connectivity index (χ1) is 8.35. The molecule has 102 valence electrons. The number of carboxylic acids is 1. The van der Waals surface area contributed by atoms with Gasteiger partial charge in [0.25, 0.3) is 0 Å². The fraction of sp³-hybridized carbons (Fsp3) is 0.750. The third-order valence-electron chi connectivity index (χ3n) is 3.17. The Morgan fingerprint density at radius 2 is 1.78 bits per heavy atom. The summed E-state index contributed by atoms with van der Waals surface area (Å²) in [5.74, 6) is -1.70. The highest BCUT2D eigenvalue weighted by Crippen LogP contribution is 2.47. The maximum atomic E-state index is 12.2. The molecule has 6 heteroatoms. The lowest BCUT2D eigenvalue weighted by Gasteiger charge is -2.26. The number of likely N-dealkylation sites (N-methyl/N-ethyl adjacent to an activating group) is 1. The smallest absolute Gasteiger partial charge is 0.319 e. The molecule has 0 saturated heterocycles. The molecular formula is C12H20N2O4. The first kappa shape index (κ1) is 14.5. The topological polar surface area (TPSA) is 77.9 Å². The minimum atomic E-state index is -1.26. The quantitative estimate of drug-likeness (QED) is 0.688. The Bertz CT molecular complexity index is 361. The van der Waals surface area contributed by atoms with E-state index < -0.39 is 17.3 Å². The van der Waals surface area contributed by atoms with E-state index in [1.54, 1.807) is 14.1 Å². The molecule has 1 aliphatic rings. The lowest BCUT2D eigenvalue weighted by atomic mass is 10.1. The fourth-order valence-corrected chi connectivity index (χ4v) is 1.77. The molecule has 0 radical (unpaired) electrons. The average molecular weight is 256 g/mol. The van der Waals surface area contributed by atoms with Gasteiger partial charge in [0.2, 0.25) is 11.8 Å². The Labute approximate surface area is 107 Å². The van der Waals surface area contributed by atoms with Gasteiger partial charge in [0.05, 0.1) is 6.54 Å². The zero-order chi connectivity index (χ0) is 13.9. The van der Waals surface area contributed by atoms with Crippen molar-refractivity contribution in [2.75, 3.05) is 27.2 Å². The van der Waals surface area contributed by atoms with Gasteiger partial charge in [-0.25, -0.2) is 0 Å². The van der Waals surface area contributed by atoms with E-state index in [9.17, 15) is 14.4 Å². The monoisotopic (exact) mass is 256 g/mol. The maximum Gasteiger partial charge on any atom is 0.319 e. The van der Waals surface area contributed by atoms with Crippen molar-refractivity contribution in [3.05, 3.63) is 0 Å². The van der Waals surface area contributed by atoms with Crippen LogP contribution in [-0.4, -0.2) is 59.9 Å². The maximum absolute atomic E-state index is 12.2. The van der Waals surface area contributed by atoms with Gasteiger partial charge in [0, 0.05) is 20.6 Å². The molecule has 0 aromatic heterocycles. The van der Waals surface area contributed by atoms with Crippen molar-refractivity contribution in [2.24, 2.45) is 5.41 Å². The fourth-order valence-electron chi connectivity index (χ4n) is 1.77. The third-order valence-corrected chi connectivity index (χ3v) is 3.17. The summed E-state index contributed by atoms with van der Waals surface area (Å²) < 4.78 is 0. The van der Waals surface area contributed by atoms with E-state index in [0.29, 0.717) is 25.8 Å². The second-order valence-electron chi connectivity index (χ2n) is 4.90. The molecule has 0 aliphatic heterocycles. The van der Waals surface area contributed by atoms with E-state index in [1.807, 2.05) is 6.92 Å². The highest BCUT2D eigenvalue weighted by Gasteiger charge is 2.58. The van der Waals surface area contributed by atoms with Crippen molar-refractivity contribution in [3.63, 3.8) is 0 Å². The molecule has 0 heterocycles. The Hall–Kier alpha value is -1.59. The SMILES string of the molecule is CCCN(CC(=O)N(C)C)C(=O)C1(C(=O)O)CC1. The number of nitrogens with zero attached hydrogens (tertiary/aromatic N) is 2. The van der Waals surface area contributed by atoms with Crippen LogP contribution in [0.5, 0.6) is 0 Å². The molecule has 0 aromatic rings. The summed E-state index contributed by atoms with van der Waals surface area (Å²) in [7, 11) is 3.22. The van der Waals surface area contributed by atoms with Crippen LogP contribution in [0.15, 0.2) is 0 Å². The summed E-state index contributed by atoms with van der Waals surface area (Å²) in [6, 6.07) is 0. The molecule has 0 spiro atoms. The second-order valence-corrected chi connectivity index (χ2v) is 4.90. The molecule has 1 fully saturated rings. The van der Waals surface area contributed by atoms with Gasteiger partial charge in [-0.15, -0.1) is 0 Å². The summed E-state index contributed by atoms with van der Waals surface area (Å²) in [5, 5.41) is 9.09. The van der Waals surface area contributed by atoms with Gasteiger partial charge in [-0.3, -0.25) is 14.4 Å². The number of hydrogen-bond acceptors (Lipinski definition) is 3. The Balaban J connectivity index is 2.76. The molecule has 0 atom stereocenters. The molecule has 1 N–H and O–H groups in total. The van der Waals surface area contributed by atoms with Crippen LogP contribution in [0.25, 0.3) is 0 Å². The van der Waals surface area contributed by atoms with Crippen LogP contribution < -0.4 is 0 Å². The van der Waals surface area contributed by atoms with Gasteiger partial charge in [0.15, 0.2) is 0 Å². The number of carbonyl (C=O) groups is 3. The van der Waals surface area contributed by atoms with Crippen molar-refractivity contribution in [1.29, 1.82) is 0 Å². The second kappa shape index (κ2) is 5.37. The van der Waals surface area contributed by atoms with E-state index in [-0.39, 0.29) is 12.5 Å². The Morgan fingerprint density at radius 1 is 1.22 bits per heavy atom. The zero-order valence-electron chi connectivity index (χ0n) is 11.1. The zero-order valence-corrected chi connectivity index (χ0v) is 11.1. The van der Waals surface area contributed by atoms with Crippen molar-refractivity contribution < 1.29 is 19.5 Å². The van der Waals surface area contributed by atoms with Crippen LogP contribution in [0.3, 0.4) is 0 Å². The lowest BCUT2D eigenvalue weighted by molar-refractivity contribution is -0.155. The van der Waals surface area contributed by atoms with E-state index in [0.717, 1.165) is 0 Å². The molecule has 0 aromatic carbocycles. The number of carboxylic acid groups (broad SMARTS) is 1. The van der Waals surface area contributed by atoms with Crippen molar-refractivity contribution in [2.45, 2.75) is 26.2 Å². The summed E-state index contributed by atoms with van der Waals surface area (Å²) in [5.41, 5.74) is -1.26. The van der Waals surface area contributed by atoms with Gasteiger partial charge < -0.3 is 14.9 Å². The number of rotatable bonds is 6. The summed E-state index contributed by atoms with van der Waals surface area (Å²) in [6.07, 6.45) is 1.44. The standard InChI is InChI=1S/C12H20N2O4/c1-4-7-14(8-9(15)13(2)3)10(16)12(5-6-12)11(17)18/h4-8H2,1-3H3,(H,17,18). The molecule has 1 rings (SSSR count). The molecule has 6 nitrogen and oxygen atoms in total. The Morgan fingerprint density at radius 3 is 2.11 bits per heavy atom. The largest absolute Gasteiger partial charge is 0.480 e. The average Bonchev–Trinajstić information content (AvgIpc) is 3.08. The number of amides is 2. The summed E-state index contributed by atoms with van der Waals surface area (Å²) in [6.45, 7) is 2.25. The molecule has 0 bridgehead atoms. The van der Waals surface area contributed by atoms with E-state index in [4.69, 9.17) is 5.11 Å². The first-order valence-corrected chi connectivity index (χ1v) is 6.08. The van der Waals surface area contributed by atoms with Gasteiger partial charge >= 0.3 is 5.97 Å². The summed E-state index contributed by atoms with van der Waals surface area (Å²) >= 11 is 0. The first-order valence-electron chi connectivity index (χ1n) is 6.08. The minimum Gasteiger partial charge on any atom is -0.480 e. The van der Waals surface area contributed by atoms with Crippen LogP contribution >= 0.6 is 0 Å².